The number of thiophene rings is 1. The third-order valence-electron chi connectivity index (χ3n) is 16.0. The summed E-state index contributed by atoms with van der Waals surface area (Å²) in [5.41, 5.74) is 18.6. The first-order valence-electron chi connectivity index (χ1n) is 24.7. The van der Waals surface area contributed by atoms with Crippen LogP contribution in [0.4, 0.5) is 17.1 Å². The van der Waals surface area contributed by atoms with Crippen molar-refractivity contribution in [2.24, 2.45) is 0 Å². The summed E-state index contributed by atoms with van der Waals surface area (Å²) in [6.07, 6.45) is 0. The predicted octanol–water partition coefficient (Wildman–Crippen LogP) is 18.1. The van der Waals surface area contributed by atoms with Crippen molar-refractivity contribution in [3.63, 3.8) is 0 Å². The number of para-hydroxylation sites is 4. The first-order chi connectivity index (χ1) is 35.7. The molecule has 2 aliphatic carbocycles. The number of nitrogens with zero attached hydrogens (tertiary/aromatic N) is 1. The highest BCUT2D eigenvalue weighted by Crippen LogP contribution is 2.67. The molecule has 3 nitrogen and oxygen atoms in total. The van der Waals surface area contributed by atoms with E-state index in [1.54, 1.807) is 0 Å². The Labute approximate surface area is 421 Å². The van der Waals surface area contributed by atoms with Crippen molar-refractivity contribution in [2.75, 3.05) is 4.90 Å². The topological polar surface area (TPSA) is 21.7 Å². The summed E-state index contributed by atoms with van der Waals surface area (Å²) in [5.74, 6) is 3.49. The molecule has 0 bridgehead atoms. The molecular formula is C68H41NO2S. The van der Waals surface area contributed by atoms with Crippen LogP contribution in [0.1, 0.15) is 44.5 Å². The lowest BCUT2D eigenvalue weighted by atomic mass is 9.65. The third kappa shape index (κ3) is 5.13. The number of fused-ring (bicyclic) bond motifs is 21. The highest BCUT2D eigenvalue weighted by molar-refractivity contribution is 7.25. The summed E-state index contributed by atoms with van der Waals surface area (Å²) < 4.78 is 16.3. The Morgan fingerprint density at radius 1 is 0.319 bits per heavy atom. The molecule has 3 heterocycles. The number of ether oxygens (including phenoxy) is 2. The average molecular weight is 936 g/mol. The highest BCUT2D eigenvalue weighted by Gasteiger charge is 2.55. The molecule has 2 aliphatic heterocycles. The van der Waals surface area contributed by atoms with Gasteiger partial charge in [-0.25, -0.2) is 0 Å². The van der Waals surface area contributed by atoms with Crippen molar-refractivity contribution in [1.82, 2.24) is 0 Å². The molecule has 4 heteroatoms. The van der Waals surface area contributed by atoms with Crippen LogP contribution < -0.4 is 14.4 Å². The third-order valence-corrected chi connectivity index (χ3v) is 17.2. The number of hydrogen-bond donors (Lipinski definition) is 0. The van der Waals surface area contributed by atoms with Crippen LogP contribution in [-0.4, -0.2) is 0 Å². The molecular weight excluding hydrogens is 895 g/mol. The summed E-state index contributed by atoms with van der Waals surface area (Å²) >= 11 is 1.86. The smallest absolute Gasteiger partial charge is 0.132 e. The fourth-order valence-electron chi connectivity index (χ4n) is 13.3. The van der Waals surface area contributed by atoms with Gasteiger partial charge in [0, 0.05) is 59.2 Å². The second-order valence-corrected chi connectivity index (χ2v) is 20.5. The van der Waals surface area contributed by atoms with Gasteiger partial charge in [0.2, 0.25) is 0 Å². The minimum Gasteiger partial charge on any atom is -0.457 e. The average Bonchev–Trinajstić information content (AvgIpc) is 4.07. The molecule has 0 radical (unpaired) electrons. The van der Waals surface area contributed by atoms with E-state index in [2.05, 4.69) is 254 Å². The maximum Gasteiger partial charge on any atom is 0.132 e. The molecule has 72 heavy (non-hydrogen) atoms. The van der Waals surface area contributed by atoms with Crippen molar-refractivity contribution in [2.45, 2.75) is 10.8 Å². The molecule has 0 amide bonds. The monoisotopic (exact) mass is 935 g/mol. The quantitative estimate of drug-likeness (QED) is 0.176. The SMILES string of the molecule is c1ccc2c(c1)Oc1ccccc1C21c2ccccc2-c2c(N(c3ccc(-c4ccc5sc6ccccc6c5c4)cc3)c3cccc4c3C3(c5ccccc5Oc5ccccc53)c3ccccc3-4)cccc21. The standard InChI is InChI=1S/C68H41NO2S/c1-4-21-50-45(17-1)47-20-15-29-58(66(47)68(50)54-25-8-12-32-61(54)71-62-33-13-9-26-55(62)68)69(44-38-35-42(36-39-44)43-37-40-64-49(41-43)46-18-3-14-34-63(46)72-64)57-28-16-27-56-65(57)48-19-2-5-22-51(48)67(56)52-23-6-10-30-59(52)70-60-31-11-7-24-53(60)67/h1-41H. The molecule has 336 valence electrons. The minimum atomic E-state index is -0.708. The number of anilines is 3. The van der Waals surface area contributed by atoms with Crippen molar-refractivity contribution in [1.29, 1.82) is 0 Å². The first-order valence-corrected chi connectivity index (χ1v) is 25.6. The molecule has 0 unspecified atom stereocenters. The second kappa shape index (κ2) is 14.8. The lowest BCUT2D eigenvalue weighted by Crippen LogP contribution is -2.33. The van der Waals surface area contributed by atoms with Crippen molar-refractivity contribution in [3.05, 3.63) is 293 Å². The Morgan fingerprint density at radius 2 is 0.792 bits per heavy atom. The summed E-state index contributed by atoms with van der Waals surface area (Å²) in [5, 5.41) is 2.60. The fourth-order valence-corrected chi connectivity index (χ4v) is 14.4. The van der Waals surface area contributed by atoms with Crippen molar-refractivity contribution in [3.8, 4) is 56.4 Å². The molecule has 2 spiro atoms. The molecule has 0 saturated heterocycles. The van der Waals surface area contributed by atoms with Gasteiger partial charge < -0.3 is 14.4 Å². The molecule has 12 aromatic rings. The van der Waals surface area contributed by atoms with Crippen molar-refractivity contribution < 1.29 is 9.47 Å². The zero-order valence-electron chi connectivity index (χ0n) is 38.8. The van der Waals surface area contributed by atoms with E-state index in [1.807, 2.05) is 11.3 Å². The fraction of sp³-hybridized carbons (Fsp3) is 0.0294. The van der Waals surface area contributed by atoms with Gasteiger partial charge in [0.05, 0.1) is 22.2 Å². The van der Waals surface area contributed by atoms with Gasteiger partial charge in [-0.05, 0) is 111 Å². The lowest BCUT2D eigenvalue weighted by molar-refractivity contribution is 0.436. The Hall–Kier alpha value is -8.96. The van der Waals surface area contributed by atoms with Gasteiger partial charge in [-0.3, -0.25) is 0 Å². The number of rotatable bonds is 4. The summed E-state index contributed by atoms with van der Waals surface area (Å²) in [4.78, 5) is 2.57. The first kappa shape index (κ1) is 39.8. The predicted molar refractivity (Wildman–Crippen MR) is 294 cm³/mol. The molecule has 0 saturated carbocycles. The van der Waals surface area contributed by atoms with Crippen molar-refractivity contribution >= 4 is 48.6 Å². The van der Waals surface area contributed by atoms with Gasteiger partial charge in [0.25, 0.3) is 0 Å². The van der Waals surface area contributed by atoms with Crippen LogP contribution in [0.3, 0.4) is 0 Å². The largest absolute Gasteiger partial charge is 0.457 e. The molecule has 16 rings (SSSR count). The molecule has 0 fully saturated rings. The van der Waals surface area contributed by atoms with Gasteiger partial charge in [0.15, 0.2) is 0 Å². The van der Waals surface area contributed by atoms with Gasteiger partial charge >= 0.3 is 0 Å². The Kier molecular flexibility index (Phi) is 8.18. The Morgan fingerprint density at radius 3 is 1.46 bits per heavy atom. The van der Waals surface area contributed by atoms with Crippen LogP contribution >= 0.6 is 11.3 Å². The van der Waals surface area contributed by atoms with E-state index in [0.29, 0.717) is 0 Å². The zero-order valence-corrected chi connectivity index (χ0v) is 39.7. The van der Waals surface area contributed by atoms with Gasteiger partial charge in [-0.1, -0.05) is 182 Å². The molecule has 0 atom stereocenters. The number of benzene rings is 11. The second-order valence-electron chi connectivity index (χ2n) is 19.4. The highest BCUT2D eigenvalue weighted by atomic mass is 32.1. The molecule has 4 aliphatic rings. The molecule has 1 aromatic heterocycles. The van der Waals surface area contributed by atoms with Gasteiger partial charge in [-0.15, -0.1) is 11.3 Å². The normalized spacial score (nSPS) is 14.3. The summed E-state index contributed by atoms with van der Waals surface area (Å²) in [6.45, 7) is 0. The Bertz CT molecular complexity index is 4170. The van der Waals surface area contributed by atoms with Crippen LogP contribution in [0.25, 0.3) is 53.6 Å². The van der Waals surface area contributed by atoms with E-state index in [4.69, 9.17) is 9.47 Å². The van der Waals surface area contributed by atoms with E-state index in [9.17, 15) is 0 Å². The number of hydrogen-bond acceptors (Lipinski definition) is 4. The van der Waals surface area contributed by atoms with Gasteiger partial charge in [-0.2, -0.15) is 0 Å². The Balaban J connectivity index is 1.00. The van der Waals surface area contributed by atoms with E-state index < -0.39 is 10.8 Å². The lowest BCUT2D eigenvalue weighted by Gasteiger charge is -2.42. The minimum absolute atomic E-state index is 0.637. The zero-order chi connectivity index (χ0) is 47.1. The summed E-state index contributed by atoms with van der Waals surface area (Å²) in [7, 11) is 0. The van der Waals surface area contributed by atoms with Gasteiger partial charge in [0.1, 0.15) is 23.0 Å². The van der Waals surface area contributed by atoms with Crippen LogP contribution in [0.2, 0.25) is 0 Å². The van der Waals surface area contributed by atoms with E-state index in [1.165, 1.54) is 75.8 Å². The summed E-state index contributed by atoms with van der Waals surface area (Å²) in [6, 6.07) is 91.6. The maximum atomic E-state index is 6.86. The van der Waals surface area contributed by atoms with Crippen LogP contribution in [-0.2, 0) is 10.8 Å². The van der Waals surface area contributed by atoms with Crippen LogP contribution in [0.15, 0.2) is 249 Å². The van der Waals surface area contributed by atoms with Crippen LogP contribution in [0.5, 0.6) is 23.0 Å². The molecule has 0 N–H and O–H groups in total. The van der Waals surface area contributed by atoms with E-state index >= 15 is 0 Å². The molecule has 11 aromatic carbocycles. The van der Waals surface area contributed by atoms with E-state index in [0.717, 1.165) is 62.3 Å². The maximum absolute atomic E-state index is 6.86. The van der Waals surface area contributed by atoms with Crippen LogP contribution in [0, 0.1) is 0 Å². The van der Waals surface area contributed by atoms with E-state index in [-0.39, 0.29) is 0 Å².